The fourth-order valence-electron chi connectivity index (χ4n) is 10.7. The van der Waals surface area contributed by atoms with E-state index in [0.717, 1.165) is 88.5 Å². The third-order valence-corrected chi connectivity index (χ3v) is 14.5. The first-order valence-electron chi connectivity index (χ1n) is 25.0. The number of allylic oxidation sites excluding steroid dienone is 1. The van der Waals surface area contributed by atoms with Gasteiger partial charge in [0.1, 0.15) is 24.0 Å². The number of methoxy groups -OCH3 is 1. The van der Waals surface area contributed by atoms with Gasteiger partial charge in [0.25, 0.3) is 0 Å². The molecule has 0 saturated carbocycles. The fourth-order valence-corrected chi connectivity index (χ4v) is 10.7. The molecule has 1 aromatic heterocycles. The lowest BCUT2D eigenvalue weighted by Gasteiger charge is -2.45. The summed E-state index contributed by atoms with van der Waals surface area (Å²) in [5.74, 6) is 1.56. The van der Waals surface area contributed by atoms with E-state index in [1.807, 2.05) is 42.5 Å². The molecule has 12 nitrogen and oxygen atoms in total. The number of aliphatic hydroxyl groups excluding tert-OH is 3. The smallest absolute Gasteiger partial charge is 0.335 e. The van der Waals surface area contributed by atoms with Gasteiger partial charge in [-0.05, 0) is 108 Å². The number of fused-ring (bicyclic) bond motifs is 5. The number of hydrogen-bond donors (Lipinski definition) is 5. The van der Waals surface area contributed by atoms with Crippen molar-refractivity contribution in [2.75, 3.05) is 51.5 Å². The Bertz CT molecular complexity index is 2910. The van der Waals surface area contributed by atoms with Crippen LogP contribution >= 0.6 is 0 Å². The summed E-state index contributed by atoms with van der Waals surface area (Å²) in [4.78, 5) is 19.9. The molecule has 4 aliphatic heterocycles. The van der Waals surface area contributed by atoms with E-state index in [1.54, 1.807) is 36.4 Å². The molecule has 0 spiro atoms. The third-order valence-electron chi connectivity index (χ3n) is 14.5. The highest BCUT2D eigenvalue weighted by Crippen LogP contribution is 2.54. The Morgan fingerprint density at radius 3 is 2.56 bits per heavy atom. The van der Waals surface area contributed by atoms with Crippen LogP contribution < -0.4 is 34.1 Å². The van der Waals surface area contributed by atoms with Gasteiger partial charge in [-0.2, -0.15) is 0 Å². The fraction of sp³-hybridized carbons (Fsp3) is 0.339. The van der Waals surface area contributed by atoms with Gasteiger partial charge in [-0.3, -0.25) is 4.79 Å². The number of nitrogens with one attached hydrogen (secondary N) is 1. The highest BCUT2D eigenvalue weighted by molar-refractivity contribution is 6.05. The topological polar surface area (TPSA) is 169 Å². The lowest BCUT2D eigenvalue weighted by Crippen LogP contribution is -2.52. The Hall–Kier alpha value is -6.83. The summed E-state index contributed by atoms with van der Waals surface area (Å²) >= 11 is 0. The van der Waals surface area contributed by atoms with Crippen molar-refractivity contribution >= 4 is 17.7 Å². The molecule has 71 heavy (non-hydrogen) atoms. The van der Waals surface area contributed by atoms with Crippen molar-refractivity contribution in [3.63, 3.8) is 0 Å². The molecule has 6 bridgehead atoms. The predicted molar refractivity (Wildman–Crippen MR) is 276 cm³/mol. The number of ether oxygens (including phenoxy) is 4. The number of aromatic nitrogens is 1. The van der Waals surface area contributed by atoms with Gasteiger partial charge in [0.05, 0.1) is 39.1 Å². The Labute approximate surface area is 415 Å². The van der Waals surface area contributed by atoms with Crippen LogP contribution in [0.3, 0.4) is 0 Å². The van der Waals surface area contributed by atoms with E-state index in [4.69, 9.17) is 23.9 Å². The SMILES string of the molecule is CCc1cc2c([n-]1)N1CCNCC1Cc1ccc3c(c1)C(O)C=CC3C(CO)COc1c(c3c(c(OCCC(O)C=Cc4ccccc4)c1OC)C(=[OH+])CC(c1ccc(O)cc1)O3)CCc1cccc-2c1. The summed E-state index contributed by atoms with van der Waals surface area (Å²) < 4.78 is 26.9. The van der Waals surface area contributed by atoms with E-state index in [0.29, 0.717) is 35.5 Å². The first-order chi connectivity index (χ1) is 34.7. The maximum absolute atomic E-state index is 12.2. The molecular formula is C59H63N3O9. The first kappa shape index (κ1) is 47.8. The zero-order valence-corrected chi connectivity index (χ0v) is 40.3. The van der Waals surface area contributed by atoms with Crippen molar-refractivity contribution in [2.45, 2.75) is 75.7 Å². The average molecular weight is 958 g/mol. The van der Waals surface area contributed by atoms with E-state index in [1.165, 1.54) is 7.11 Å². The number of hydrogen-bond acceptors (Lipinski definition) is 10. The number of benzene rings is 5. The number of aryl methyl sites for hydroxylation is 2. The summed E-state index contributed by atoms with van der Waals surface area (Å²) in [5, 5.41) is 47.6. The minimum absolute atomic E-state index is 0.0303. The summed E-state index contributed by atoms with van der Waals surface area (Å²) in [7, 11) is 1.54. The van der Waals surface area contributed by atoms with Gasteiger partial charge in [-0.1, -0.05) is 134 Å². The minimum atomic E-state index is -0.831. The van der Waals surface area contributed by atoms with E-state index in [2.05, 4.69) is 65.7 Å². The van der Waals surface area contributed by atoms with Crippen molar-refractivity contribution < 1.29 is 44.2 Å². The number of ketones is 1. The molecule has 5 aromatic carbocycles. The zero-order chi connectivity index (χ0) is 49.0. The lowest BCUT2D eigenvalue weighted by atomic mass is 9.78. The molecule has 11 rings (SSSR count). The van der Waals surface area contributed by atoms with Crippen LogP contribution in [-0.2, 0) is 25.7 Å². The van der Waals surface area contributed by atoms with E-state index in [-0.39, 0.29) is 67.7 Å². The molecule has 6 N–H and O–H groups in total. The Morgan fingerprint density at radius 2 is 1.76 bits per heavy atom. The summed E-state index contributed by atoms with van der Waals surface area (Å²) in [5.41, 5.74) is 9.78. The second-order valence-corrected chi connectivity index (χ2v) is 19.1. The molecule has 1 saturated heterocycles. The Kier molecular flexibility index (Phi) is 14.3. The summed E-state index contributed by atoms with van der Waals surface area (Å²) in [6, 6.07) is 33.8. The van der Waals surface area contributed by atoms with Gasteiger partial charge < -0.3 is 54.6 Å². The largest absolute Gasteiger partial charge is 0.508 e. The number of carbonyl (C=O) groups excluding carboxylic acids is 1. The highest BCUT2D eigenvalue weighted by atomic mass is 16.5. The van der Waals surface area contributed by atoms with Crippen LogP contribution in [0.1, 0.15) is 88.1 Å². The standard InChI is InChI=1S/C59H62N3O9/c1-3-42-31-49-40-11-7-10-37(28-40)13-21-48-55-54(52(67)32-53(71-55)39-15-18-44(64)19-16-39)57(69-27-24-45(65)17-12-36-8-5-4-6-9-36)58(68-2)56(48)70-35-41(34-63)46-22-23-51(66)50-30-38(14-20-47(46)50)29-43-33-60-25-26-62(43)59(49)61-42/h4-12,14-20,22-23,28,30-31,41,43,45-46,51,53,60,63-66H,3,13,21,24-27,29,32-35H2,1-2H3/q-1/p+1. The number of phenols is 1. The Morgan fingerprint density at radius 1 is 0.915 bits per heavy atom. The summed E-state index contributed by atoms with van der Waals surface area (Å²) in [6.07, 6.45) is 7.93. The molecule has 5 heterocycles. The van der Waals surface area contributed by atoms with Gasteiger partial charge in [-0.25, -0.2) is 0 Å². The van der Waals surface area contributed by atoms with E-state index in [9.17, 15) is 25.2 Å². The van der Waals surface area contributed by atoms with Gasteiger partial charge in [-0.15, -0.1) is 0 Å². The number of phenolic OH excluding ortho intramolecular Hbond substituents is 1. The molecule has 6 atom stereocenters. The number of aromatic hydroxyl groups is 1. The second-order valence-electron chi connectivity index (χ2n) is 19.1. The number of anilines is 1. The first-order valence-corrected chi connectivity index (χ1v) is 25.0. The minimum Gasteiger partial charge on any atom is -0.508 e. The molecular weight excluding hydrogens is 895 g/mol. The average Bonchev–Trinajstić information content (AvgIpc) is 3.83. The van der Waals surface area contributed by atoms with Crippen LogP contribution in [0, 0.1) is 5.92 Å². The van der Waals surface area contributed by atoms with Crippen LogP contribution in [-0.4, -0.2) is 89.7 Å². The van der Waals surface area contributed by atoms with Crippen LogP contribution in [0.15, 0.2) is 121 Å². The number of rotatable bonds is 10. The number of nitrogens with zero attached hydrogens (tertiary/aromatic N) is 2. The monoisotopic (exact) mass is 957 g/mol. The van der Waals surface area contributed by atoms with E-state index < -0.39 is 24.2 Å². The highest BCUT2D eigenvalue weighted by Gasteiger charge is 2.42. The molecule has 1 fully saturated rings. The van der Waals surface area contributed by atoms with Crippen molar-refractivity contribution in [3.8, 4) is 39.9 Å². The molecule has 368 valence electrons. The van der Waals surface area contributed by atoms with Crippen LogP contribution in [0.5, 0.6) is 28.7 Å². The van der Waals surface area contributed by atoms with Crippen molar-refractivity contribution in [1.29, 1.82) is 0 Å². The molecule has 1 aliphatic carbocycles. The molecule has 0 radical (unpaired) electrons. The Balaban J connectivity index is 1.10. The molecule has 5 aliphatic rings. The third kappa shape index (κ3) is 10.1. The predicted octanol–water partition coefficient (Wildman–Crippen LogP) is 8.34. The van der Waals surface area contributed by atoms with E-state index >= 15 is 0 Å². The molecule has 0 amide bonds. The zero-order valence-electron chi connectivity index (χ0n) is 40.3. The maximum Gasteiger partial charge on any atom is 0.335 e. The molecule has 6 unspecified atom stereocenters. The van der Waals surface area contributed by atoms with Crippen LogP contribution in [0.2, 0.25) is 0 Å². The van der Waals surface area contributed by atoms with Crippen LogP contribution in [0.4, 0.5) is 5.82 Å². The van der Waals surface area contributed by atoms with Crippen LogP contribution in [0.25, 0.3) is 17.2 Å². The quantitative estimate of drug-likeness (QED) is 0.0662. The van der Waals surface area contributed by atoms with Crippen molar-refractivity contribution in [2.24, 2.45) is 5.92 Å². The second kappa shape index (κ2) is 21.3. The maximum atomic E-state index is 12.2. The normalized spacial score (nSPS) is 21.3. The van der Waals surface area contributed by atoms with Gasteiger partial charge in [0.2, 0.25) is 5.75 Å². The summed E-state index contributed by atoms with van der Waals surface area (Å²) in [6.45, 7) is 4.45. The number of piperazine rings is 1. The number of aliphatic hydroxyl groups is 3. The molecule has 12 heteroatoms. The van der Waals surface area contributed by atoms with Crippen molar-refractivity contribution in [3.05, 3.63) is 172 Å². The van der Waals surface area contributed by atoms with Crippen molar-refractivity contribution in [1.82, 2.24) is 10.3 Å². The van der Waals surface area contributed by atoms with Gasteiger partial charge >= 0.3 is 5.78 Å². The molecule has 6 aromatic rings. The van der Waals surface area contributed by atoms with Gasteiger partial charge in [0, 0.05) is 23.8 Å². The lowest BCUT2D eigenvalue weighted by molar-refractivity contribution is 0.142. The van der Waals surface area contributed by atoms with Gasteiger partial charge in [0.15, 0.2) is 17.1 Å².